The predicted molar refractivity (Wildman–Crippen MR) is 54.5 cm³/mol. The third-order valence-corrected chi connectivity index (χ3v) is 2.01. The van der Waals surface area contributed by atoms with Crippen molar-refractivity contribution in [3.63, 3.8) is 0 Å². The van der Waals surface area contributed by atoms with E-state index in [1.807, 2.05) is 0 Å². The summed E-state index contributed by atoms with van der Waals surface area (Å²) in [6.45, 7) is -0.162. The Morgan fingerprint density at radius 3 is 2.65 bits per heavy atom. The van der Waals surface area contributed by atoms with Crippen molar-refractivity contribution in [1.82, 2.24) is 4.98 Å². The van der Waals surface area contributed by atoms with Gasteiger partial charge >= 0.3 is 12.1 Å². The normalized spacial score (nSPS) is 11.1. The van der Waals surface area contributed by atoms with Gasteiger partial charge in [0.15, 0.2) is 0 Å². The summed E-state index contributed by atoms with van der Waals surface area (Å²) >= 11 is 0. The molecule has 1 aromatic rings. The van der Waals surface area contributed by atoms with Gasteiger partial charge in [0.25, 0.3) is 0 Å². The molecule has 4 nitrogen and oxygen atoms in total. The van der Waals surface area contributed by atoms with Crippen LogP contribution in [0.3, 0.4) is 0 Å². The Labute approximate surface area is 96.0 Å². The van der Waals surface area contributed by atoms with E-state index >= 15 is 0 Å². The second kappa shape index (κ2) is 5.03. The minimum Gasteiger partial charge on any atom is -0.468 e. The number of aromatic nitrogens is 1. The number of nitrogens with zero attached hydrogens (tertiary/aromatic N) is 2. The Morgan fingerprint density at radius 1 is 1.47 bits per heavy atom. The summed E-state index contributed by atoms with van der Waals surface area (Å²) in [5, 5.41) is 0. The summed E-state index contributed by atoms with van der Waals surface area (Å²) in [5.41, 5.74) is -0.994. The van der Waals surface area contributed by atoms with E-state index in [4.69, 9.17) is 0 Å². The van der Waals surface area contributed by atoms with E-state index in [-0.39, 0.29) is 12.4 Å². The van der Waals surface area contributed by atoms with Gasteiger partial charge in [-0.05, 0) is 12.1 Å². The first-order chi connectivity index (χ1) is 7.84. The fourth-order valence-corrected chi connectivity index (χ4v) is 1.13. The molecule has 0 radical (unpaired) electrons. The van der Waals surface area contributed by atoms with E-state index < -0.39 is 17.8 Å². The lowest BCUT2D eigenvalue weighted by Crippen LogP contribution is -2.27. The van der Waals surface area contributed by atoms with Crippen LogP contribution in [0.5, 0.6) is 0 Å². The van der Waals surface area contributed by atoms with Crippen LogP contribution in [-0.2, 0) is 15.7 Å². The van der Waals surface area contributed by atoms with Gasteiger partial charge < -0.3 is 9.64 Å². The lowest BCUT2D eigenvalue weighted by Gasteiger charge is -2.17. The Balaban J connectivity index is 2.88. The predicted octanol–water partition coefficient (Wildman–Crippen LogP) is 1.71. The average Bonchev–Trinajstić information content (AvgIpc) is 2.28. The summed E-state index contributed by atoms with van der Waals surface area (Å²) in [4.78, 5) is 15.7. The number of pyridine rings is 1. The smallest absolute Gasteiger partial charge is 0.433 e. The van der Waals surface area contributed by atoms with E-state index in [1.165, 1.54) is 31.2 Å². The van der Waals surface area contributed by atoms with Crippen molar-refractivity contribution in [3.05, 3.63) is 23.9 Å². The molecule has 7 heteroatoms. The molecular weight excluding hydrogens is 237 g/mol. The number of anilines is 1. The van der Waals surface area contributed by atoms with Gasteiger partial charge in [-0.25, -0.2) is 4.98 Å². The fraction of sp³-hybridized carbons (Fsp3) is 0.400. The molecule has 17 heavy (non-hydrogen) atoms. The molecular formula is C10H11F3N2O2. The van der Waals surface area contributed by atoms with Crippen LogP contribution in [-0.4, -0.2) is 31.7 Å². The maximum Gasteiger partial charge on any atom is 0.433 e. The molecule has 1 rings (SSSR count). The number of rotatable bonds is 3. The minimum absolute atomic E-state index is 0.0604. The molecule has 0 spiro atoms. The molecule has 0 saturated heterocycles. The van der Waals surface area contributed by atoms with Crippen LogP contribution in [0.2, 0.25) is 0 Å². The molecule has 1 heterocycles. The van der Waals surface area contributed by atoms with Crippen molar-refractivity contribution >= 4 is 11.8 Å². The van der Waals surface area contributed by atoms with Gasteiger partial charge in [0.1, 0.15) is 18.1 Å². The van der Waals surface area contributed by atoms with Crippen molar-refractivity contribution in [2.75, 3.05) is 25.6 Å². The molecule has 0 aliphatic carbocycles. The Hall–Kier alpha value is -1.79. The summed E-state index contributed by atoms with van der Waals surface area (Å²) < 4.78 is 41.6. The summed E-state index contributed by atoms with van der Waals surface area (Å²) in [6, 6.07) is 3.49. The van der Waals surface area contributed by atoms with Gasteiger partial charge in [-0.1, -0.05) is 6.07 Å². The molecule has 0 aromatic carbocycles. The summed E-state index contributed by atoms with van der Waals surface area (Å²) in [6.07, 6.45) is -4.50. The second-order valence-electron chi connectivity index (χ2n) is 3.31. The van der Waals surface area contributed by atoms with E-state index in [0.29, 0.717) is 0 Å². The zero-order chi connectivity index (χ0) is 13.1. The maximum atomic E-state index is 12.4. The number of halogens is 3. The van der Waals surface area contributed by atoms with Gasteiger partial charge in [-0.2, -0.15) is 13.2 Å². The molecule has 1 aromatic heterocycles. The van der Waals surface area contributed by atoms with E-state index in [2.05, 4.69) is 9.72 Å². The molecule has 0 amide bonds. The van der Waals surface area contributed by atoms with Crippen LogP contribution in [0, 0.1) is 0 Å². The van der Waals surface area contributed by atoms with Crippen LogP contribution in [0.25, 0.3) is 0 Å². The Bertz CT molecular complexity index is 407. The van der Waals surface area contributed by atoms with Gasteiger partial charge in [0.2, 0.25) is 0 Å². The first-order valence-electron chi connectivity index (χ1n) is 4.67. The highest BCUT2D eigenvalue weighted by atomic mass is 19.4. The van der Waals surface area contributed by atoms with Crippen LogP contribution < -0.4 is 4.90 Å². The van der Waals surface area contributed by atoms with Crippen molar-refractivity contribution in [2.24, 2.45) is 0 Å². The van der Waals surface area contributed by atoms with Gasteiger partial charge in [0.05, 0.1) is 7.11 Å². The molecule has 0 unspecified atom stereocenters. The third-order valence-electron chi connectivity index (χ3n) is 2.01. The number of ether oxygens (including phenoxy) is 1. The molecule has 0 aliphatic rings. The summed E-state index contributed by atoms with van der Waals surface area (Å²) in [7, 11) is 2.66. The average molecular weight is 248 g/mol. The SMILES string of the molecule is COC(=O)CN(C)c1cccc(C(F)(F)F)n1. The number of hydrogen-bond acceptors (Lipinski definition) is 4. The number of methoxy groups -OCH3 is 1. The number of carbonyl (C=O) groups is 1. The monoisotopic (exact) mass is 248 g/mol. The standard InChI is InChI=1S/C10H11F3N2O2/c1-15(6-9(16)17-2)8-5-3-4-7(14-8)10(11,12)13/h3-5H,6H2,1-2H3. The van der Waals surface area contributed by atoms with Crippen molar-refractivity contribution in [1.29, 1.82) is 0 Å². The molecule has 0 fully saturated rings. The van der Waals surface area contributed by atoms with E-state index in [1.54, 1.807) is 0 Å². The highest BCUT2D eigenvalue weighted by molar-refractivity contribution is 5.74. The zero-order valence-corrected chi connectivity index (χ0v) is 9.28. The largest absolute Gasteiger partial charge is 0.468 e. The molecule has 0 aliphatic heterocycles. The van der Waals surface area contributed by atoms with E-state index in [9.17, 15) is 18.0 Å². The zero-order valence-electron chi connectivity index (χ0n) is 9.28. The van der Waals surface area contributed by atoms with Crippen molar-refractivity contribution < 1.29 is 22.7 Å². The molecule has 0 bridgehead atoms. The number of hydrogen-bond donors (Lipinski definition) is 0. The van der Waals surface area contributed by atoms with E-state index in [0.717, 1.165) is 6.07 Å². The molecule has 94 valence electrons. The quantitative estimate of drug-likeness (QED) is 0.764. The van der Waals surface area contributed by atoms with Crippen molar-refractivity contribution in [3.8, 4) is 0 Å². The fourth-order valence-electron chi connectivity index (χ4n) is 1.13. The lowest BCUT2D eigenvalue weighted by molar-refractivity contribution is -0.141. The second-order valence-corrected chi connectivity index (χ2v) is 3.31. The van der Waals surface area contributed by atoms with Crippen molar-refractivity contribution in [2.45, 2.75) is 6.18 Å². The Kier molecular flexibility index (Phi) is 3.93. The highest BCUT2D eigenvalue weighted by Crippen LogP contribution is 2.28. The third kappa shape index (κ3) is 3.61. The Morgan fingerprint density at radius 2 is 2.12 bits per heavy atom. The van der Waals surface area contributed by atoms with Crippen LogP contribution in [0.1, 0.15) is 5.69 Å². The molecule has 0 saturated carbocycles. The first-order valence-corrected chi connectivity index (χ1v) is 4.67. The van der Waals surface area contributed by atoms with Crippen LogP contribution >= 0.6 is 0 Å². The van der Waals surface area contributed by atoms with Gasteiger partial charge in [-0.3, -0.25) is 4.79 Å². The molecule has 0 N–H and O–H groups in total. The number of carbonyl (C=O) groups excluding carboxylic acids is 1. The topological polar surface area (TPSA) is 42.4 Å². The van der Waals surface area contributed by atoms with Gasteiger partial charge in [0, 0.05) is 7.05 Å². The number of alkyl halides is 3. The van der Waals surface area contributed by atoms with Crippen LogP contribution in [0.15, 0.2) is 18.2 Å². The minimum atomic E-state index is -4.50. The number of esters is 1. The number of likely N-dealkylation sites (N-methyl/N-ethyl adjacent to an activating group) is 1. The summed E-state index contributed by atoms with van der Waals surface area (Å²) in [5.74, 6) is -0.489. The highest BCUT2D eigenvalue weighted by Gasteiger charge is 2.32. The first kappa shape index (κ1) is 13.3. The lowest BCUT2D eigenvalue weighted by atomic mass is 10.3. The maximum absolute atomic E-state index is 12.4. The van der Waals surface area contributed by atoms with Crippen LogP contribution in [0.4, 0.5) is 19.0 Å². The molecule has 0 atom stereocenters. The van der Waals surface area contributed by atoms with Gasteiger partial charge in [-0.15, -0.1) is 0 Å².